The highest BCUT2D eigenvalue weighted by atomic mass is 79.9. The van der Waals surface area contributed by atoms with E-state index in [4.69, 9.17) is 5.11 Å². The predicted octanol–water partition coefficient (Wildman–Crippen LogP) is 3.50. The largest absolute Gasteiger partial charge is 0.480 e. The molecule has 24 heavy (non-hydrogen) atoms. The van der Waals surface area contributed by atoms with Crippen molar-refractivity contribution in [3.63, 3.8) is 0 Å². The van der Waals surface area contributed by atoms with Crippen molar-refractivity contribution in [2.75, 3.05) is 0 Å². The quantitative estimate of drug-likeness (QED) is 0.761. The first-order chi connectivity index (χ1) is 11.2. The zero-order valence-corrected chi connectivity index (χ0v) is 15.6. The molecule has 0 aliphatic heterocycles. The van der Waals surface area contributed by atoms with Gasteiger partial charge in [0, 0.05) is 4.47 Å². The van der Waals surface area contributed by atoms with Crippen LogP contribution >= 0.6 is 15.9 Å². The molecule has 1 atom stereocenters. The number of halogens is 1. The van der Waals surface area contributed by atoms with Crippen LogP contribution in [0.15, 0.2) is 57.9 Å². The van der Waals surface area contributed by atoms with E-state index in [9.17, 15) is 13.2 Å². The highest BCUT2D eigenvalue weighted by molar-refractivity contribution is 9.10. The van der Waals surface area contributed by atoms with Crippen molar-refractivity contribution < 1.29 is 18.3 Å². The van der Waals surface area contributed by atoms with Crippen molar-refractivity contribution in [3.8, 4) is 11.1 Å². The van der Waals surface area contributed by atoms with Crippen LogP contribution in [0.1, 0.15) is 13.8 Å². The molecule has 128 valence electrons. The molecule has 0 saturated carbocycles. The number of benzene rings is 2. The maximum absolute atomic E-state index is 12.4. The Morgan fingerprint density at radius 3 is 2.21 bits per heavy atom. The maximum atomic E-state index is 12.4. The first-order valence-corrected chi connectivity index (χ1v) is 9.59. The van der Waals surface area contributed by atoms with Crippen molar-refractivity contribution in [1.29, 1.82) is 0 Å². The van der Waals surface area contributed by atoms with Gasteiger partial charge in [-0.15, -0.1) is 0 Å². The van der Waals surface area contributed by atoms with E-state index in [2.05, 4.69) is 20.7 Å². The monoisotopic (exact) mass is 411 g/mol. The molecule has 0 radical (unpaired) electrons. The number of carboxylic acid groups (broad SMARTS) is 1. The fourth-order valence-corrected chi connectivity index (χ4v) is 3.94. The number of aliphatic carboxylic acids is 1. The summed E-state index contributed by atoms with van der Waals surface area (Å²) in [5.41, 5.74) is 1.82. The molecule has 0 heterocycles. The second-order valence-electron chi connectivity index (χ2n) is 5.72. The van der Waals surface area contributed by atoms with Crippen LogP contribution in [-0.4, -0.2) is 25.5 Å². The second kappa shape index (κ2) is 7.46. The summed E-state index contributed by atoms with van der Waals surface area (Å²) in [5.74, 6) is -1.56. The number of rotatable bonds is 6. The summed E-state index contributed by atoms with van der Waals surface area (Å²) < 4.78 is 27.9. The number of nitrogens with one attached hydrogen (secondary N) is 1. The highest BCUT2D eigenvalue weighted by Crippen LogP contribution is 2.24. The van der Waals surface area contributed by atoms with E-state index in [1.165, 1.54) is 12.1 Å². The zero-order chi connectivity index (χ0) is 17.9. The SMILES string of the molecule is CC(C)C(NS(=O)(=O)c1ccc(-c2cccc(Br)c2)cc1)C(=O)O. The van der Waals surface area contributed by atoms with Crippen molar-refractivity contribution in [1.82, 2.24) is 4.72 Å². The standard InChI is InChI=1S/C17H18BrNO4S/c1-11(2)16(17(20)21)19-24(22,23)15-8-6-12(7-9-15)13-4-3-5-14(18)10-13/h3-11,16,19H,1-2H3,(H,20,21). The van der Waals surface area contributed by atoms with E-state index in [-0.39, 0.29) is 10.8 Å². The molecule has 0 bridgehead atoms. The van der Waals surface area contributed by atoms with Crippen LogP contribution in [0.4, 0.5) is 0 Å². The Hall–Kier alpha value is -1.70. The number of sulfonamides is 1. The molecule has 2 aromatic rings. The molecule has 0 saturated heterocycles. The Kier molecular flexibility index (Phi) is 5.79. The van der Waals surface area contributed by atoms with Crippen LogP contribution in [-0.2, 0) is 14.8 Å². The van der Waals surface area contributed by atoms with Gasteiger partial charge in [0.25, 0.3) is 0 Å². The van der Waals surface area contributed by atoms with Gasteiger partial charge < -0.3 is 5.11 Å². The first-order valence-electron chi connectivity index (χ1n) is 7.32. The fourth-order valence-electron chi connectivity index (χ4n) is 2.20. The molecule has 0 aliphatic carbocycles. The van der Waals surface area contributed by atoms with Crippen LogP contribution in [0, 0.1) is 5.92 Å². The van der Waals surface area contributed by atoms with Gasteiger partial charge in [-0.2, -0.15) is 4.72 Å². The molecule has 0 aromatic heterocycles. The average Bonchev–Trinajstić information content (AvgIpc) is 2.52. The minimum absolute atomic E-state index is 0.0353. The summed E-state index contributed by atoms with van der Waals surface area (Å²) in [6, 6.07) is 12.8. The van der Waals surface area contributed by atoms with E-state index in [1.807, 2.05) is 24.3 Å². The number of carbonyl (C=O) groups is 1. The van der Waals surface area contributed by atoms with Crippen molar-refractivity contribution in [3.05, 3.63) is 53.0 Å². The molecule has 7 heteroatoms. The van der Waals surface area contributed by atoms with Gasteiger partial charge in [-0.1, -0.05) is 54.0 Å². The lowest BCUT2D eigenvalue weighted by Crippen LogP contribution is -2.44. The number of hydrogen-bond donors (Lipinski definition) is 2. The minimum Gasteiger partial charge on any atom is -0.480 e. The molecule has 0 aliphatic rings. The third-order valence-electron chi connectivity index (χ3n) is 3.54. The summed E-state index contributed by atoms with van der Waals surface area (Å²) >= 11 is 3.40. The predicted molar refractivity (Wildman–Crippen MR) is 96.2 cm³/mol. The van der Waals surface area contributed by atoms with Gasteiger partial charge in [0.15, 0.2) is 0 Å². The van der Waals surface area contributed by atoms with Crippen LogP contribution in [0.2, 0.25) is 0 Å². The highest BCUT2D eigenvalue weighted by Gasteiger charge is 2.27. The fraction of sp³-hybridized carbons (Fsp3) is 0.235. The summed E-state index contributed by atoms with van der Waals surface area (Å²) in [6.07, 6.45) is 0. The zero-order valence-electron chi connectivity index (χ0n) is 13.2. The number of carboxylic acids is 1. The lowest BCUT2D eigenvalue weighted by Gasteiger charge is -2.18. The minimum atomic E-state index is -3.90. The lowest BCUT2D eigenvalue weighted by molar-refractivity contribution is -0.140. The van der Waals surface area contributed by atoms with Crippen LogP contribution in [0.5, 0.6) is 0 Å². The molecule has 5 nitrogen and oxygen atoms in total. The molecule has 2 rings (SSSR count). The van der Waals surface area contributed by atoms with Gasteiger partial charge >= 0.3 is 5.97 Å². The normalized spacial score (nSPS) is 13.0. The van der Waals surface area contributed by atoms with E-state index in [0.717, 1.165) is 15.6 Å². The van der Waals surface area contributed by atoms with Gasteiger partial charge in [0.1, 0.15) is 6.04 Å². The van der Waals surface area contributed by atoms with Gasteiger partial charge in [0.2, 0.25) is 10.0 Å². The topological polar surface area (TPSA) is 83.5 Å². The average molecular weight is 412 g/mol. The molecule has 2 aromatic carbocycles. The Labute approximate surface area is 149 Å². The van der Waals surface area contributed by atoms with Crippen LogP contribution < -0.4 is 4.72 Å². The Balaban J connectivity index is 2.27. The molecular weight excluding hydrogens is 394 g/mol. The lowest BCUT2D eigenvalue weighted by atomic mass is 10.1. The Bertz CT molecular complexity index is 832. The van der Waals surface area contributed by atoms with Crippen molar-refractivity contribution in [2.45, 2.75) is 24.8 Å². The van der Waals surface area contributed by atoms with Crippen LogP contribution in [0.25, 0.3) is 11.1 Å². The second-order valence-corrected chi connectivity index (χ2v) is 8.35. The smallest absolute Gasteiger partial charge is 0.322 e. The van der Waals surface area contributed by atoms with Gasteiger partial charge in [-0.05, 0) is 41.3 Å². The summed E-state index contributed by atoms with van der Waals surface area (Å²) in [5, 5.41) is 9.14. The molecule has 0 spiro atoms. The molecule has 2 N–H and O–H groups in total. The Morgan fingerprint density at radius 2 is 1.71 bits per heavy atom. The van der Waals surface area contributed by atoms with E-state index in [0.29, 0.717) is 0 Å². The number of hydrogen-bond acceptors (Lipinski definition) is 3. The van der Waals surface area contributed by atoms with Gasteiger partial charge in [-0.3, -0.25) is 4.79 Å². The van der Waals surface area contributed by atoms with Gasteiger partial charge in [-0.25, -0.2) is 8.42 Å². The van der Waals surface area contributed by atoms with Crippen LogP contribution in [0.3, 0.4) is 0 Å². The third-order valence-corrected chi connectivity index (χ3v) is 5.49. The van der Waals surface area contributed by atoms with E-state index >= 15 is 0 Å². The summed E-state index contributed by atoms with van der Waals surface area (Å²) in [6.45, 7) is 3.30. The summed E-state index contributed by atoms with van der Waals surface area (Å²) in [4.78, 5) is 11.2. The molecule has 0 fully saturated rings. The van der Waals surface area contributed by atoms with Gasteiger partial charge in [0.05, 0.1) is 4.90 Å². The molecular formula is C17H18BrNO4S. The maximum Gasteiger partial charge on any atom is 0.322 e. The first kappa shape index (κ1) is 18.6. The van der Waals surface area contributed by atoms with Crippen molar-refractivity contribution >= 4 is 31.9 Å². The van der Waals surface area contributed by atoms with Crippen molar-refractivity contribution in [2.24, 2.45) is 5.92 Å². The Morgan fingerprint density at radius 1 is 1.08 bits per heavy atom. The third kappa shape index (κ3) is 4.43. The summed E-state index contributed by atoms with van der Waals surface area (Å²) in [7, 11) is -3.90. The van der Waals surface area contributed by atoms with E-state index in [1.54, 1.807) is 26.0 Å². The van der Waals surface area contributed by atoms with E-state index < -0.39 is 22.0 Å². The molecule has 0 amide bonds. The molecule has 1 unspecified atom stereocenters.